The number of rotatable bonds is 5. The molecule has 3 nitrogen and oxygen atoms in total. The average Bonchev–Trinajstić information content (AvgIpc) is 2.35. The first-order chi connectivity index (χ1) is 7.67. The molecule has 1 aromatic carbocycles. The summed E-state index contributed by atoms with van der Waals surface area (Å²) in [6.07, 6.45) is 0. The van der Waals surface area contributed by atoms with Crippen LogP contribution in [0.5, 0.6) is 17.2 Å². The summed E-state index contributed by atoms with van der Waals surface area (Å²) in [6.45, 7) is 0. The van der Waals surface area contributed by atoms with Gasteiger partial charge in [0.05, 0.1) is 21.3 Å². The molecule has 0 bridgehead atoms. The molecule has 0 heterocycles. The van der Waals surface area contributed by atoms with E-state index in [1.807, 2.05) is 12.1 Å². The van der Waals surface area contributed by atoms with Crippen LogP contribution in [0.2, 0.25) is 0 Å². The second kappa shape index (κ2) is 6.15. The molecule has 0 amide bonds. The summed E-state index contributed by atoms with van der Waals surface area (Å²) in [7, 11) is 4.77. The number of ether oxygens (including phenoxy) is 3. The van der Waals surface area contributed by atoms with E-state index in [1.165, 1.54) is 0 Å². The van der Waals surface area contributed by atoms with Gasteiger partial charge in [-0.15, -0.1) is 0 Å². The van der Waals surface area contributed by atoms with Crippen LogP contribution in [-0.4, -0.2) is 27.1 Å². The maximum atomic E-state index is 5.25. The quantitative estimate of drug-likeness (QED) is 0.797. The van der Waals surface area contributed by atoms with Crippen molar-refractivity contribution in [2.24, 2.45) is 0 Å². The third-order valence-corrected chi connectivity index (χ3v) is 3.38. The fourth-order valence-corrected chi connectivity index (χ4v) is 1.76. The van der Waals surface area contributed by atoms with Crippen molar-refractivity contribution in [3.8, 4) is 17.2 Å². The standard InChI is InChI=1S/C11H16O3S2/c1-12-8-4-7(10(16)6-15)5-9(13-2)11(8)14-3/h4-5,10,15-16H,6H2,1-3H3. The monoisotopic (exact) mass is 260 g/mol. The van der Waals surface area contributed by atoms with Crippen molar-refractivity contribution >= 4 is 25.3 Å². The summed E-state index contributed by atoms with van der Waals surface area (Å²) in [5.41, 5.74) is 0.993. The highest BCUT2D eigenvalue weighted by Gasteiger charge is 2.15. The van der Waals surface area contributed by atoms with Crippen LogP contribution in [0.4, 0.5) is 0 Å². The molecule has 1 aromatic rings. The van der Waals surface area contributed by atoms with Gasteiger partial charge in [0.2, 0.25) is 5.75 Å². The molecule has 0 saturated carbocycles. The maximum Gasteiger partial charge on any atom is 0.203 e. The summed E-state index contributed by atoms with van der Waals surface area (Å²) < 4.78 is 15.7. The van der Waals surface area contributed by atoms with E-state index in [-0.39, 0.29) is 5.25 Å². The molecule has 0 radical (unpaired) electrons. The van der Waals surface area contributed by atoms with E-state index in [4.69, 9.17) is 14.2 Å². The molecule has 0 N–H and O–H groups in total. The Hall–Kier alpha value is -0.680. The van der Waals surface area contributed by atoms with Crippen LogP contribution in [0.25, 0.3) is 0 Å². The molecule has 5 heteroatoms. The molecule has 0 spiro atoms. The minimum Gasteiger partial charge on any atom is -0.493 e. The molecule has 0 aliphatic rings. The first-order valence-electron chi connectivity index (χ1n) is 4.76. The van der Waals surface area contributed by atoms with Crippen LogP contribution in [0, 0.1) is 0 Å². The Morgan fingerprint density at radius 3 is 1.88 bits per heavy atom. The van der Waals surface area contributed by atoms with Crippen LogP contribution in [-0.2, 0) is 0 Å². The van der Waals surface area contributed by atoms with Gasteiger partial charge >= 0.3 is 0 Å². The number of hydrogen-bond donors (Lipinski definition) is 2. The summed E-state index contributed by atoms with van der Waals surface area (Å²) in [4.78, 5) is 0. The molecule has 16 heavy (non-hydrogen) atoms. The SMILES string of the molecule is COc1cc(C(S)CS)cc(OC)c1OC. The van der Waals surface area contributed by atoms with Gasteiger partial charge in [0.15, 0.2) is 11.5 Å². The van der Waals surface area contributed by atoms with E-state index in [1.54, 1.807) is 21.3 Å². The highest BCUT2D eigenvalue weighted by atomic mass is 32.1. The van der Waals surface area contributed by atoms with Gasteiger partial charge in [0, 0.05) is 11.0 Å². The van der Waals surface area contributed by atoms with Crippen LogP contribution < -0.4 is 14.2 Å². The molecular weight excluding hydrogens is 244 g/mol. The molecule has 0 fully saturated rings. The lowest BCUT2D eigenvalue weighted by Gasteiger charge is -2.16. The van der Waals surface area contributed by atoms with Crippen molar-refractivity contribution in [3.05, 3.63) is 17.7 Å². The smallest absolute Gasteiger partial charge is 0.203 e. The van der Waals surface area contributed by atoms with Crippen molar-refractivity contribution in [2.75, 3.05) is 27.1 Å². The molecular formula is C11H16O3S2. The lowest BCUT2D eigenvalue weighted by Crippen LogP contribution is -1.99. The van der Waals surface area contributed by atoms with Crippen molar-refractivity contribution in [1.82, 2.24) is 0 Å². The van der Waals surface area contributed by atoms with E-state index in [9.17, 15) is 0 Å². The Labute approximate surface area is 107 Å². The Kier molecular flexibility index (Phi) is 5.15. The Morgan fingerprint density at radius 1 is 1.06 bits per heavy atom. The second-order valence-electron chi connectivity index (χ2n) is 3.16. The zero-order valence-electron chi connectivity index (χ0n) is 9.56. The van der Waals surface area contributed by atoms with Gasteiger partial charge in [0.25, 0.3) is 0 Å². The summed E-state index contributed by atoms with van der Waals surface area (Å²) >= 11 is 8.64. The highest BCUT2D eigenvalue weighted by Crippen LogP contribution is 2.40. The Balaban J connectivity index is 3.25. The van der Waals surface area contributed by atoms with Gasteiger partial charge in [-0.3, -0.25) is 0 Å². The number of thiol groups is 2. The first kappa shape index (κ1) is 13.4. The van der Waals surface area contributed by atoms with Gasteiger partial charge < -0.3 is 14.2 Å². The van der Waals surface area contributed by atoms with Gasteiger partial charge in [-0.2, -0.15) is 25.3 Å². The molecule has 1 rings (SSSR count). The minimum absolute atomic E-state index is 0.0389. The summed E-state index contributed by atoms with van der Waals surface area (Å²) in [5, 5.41) is 0.0389. The van der Waals surface area contributed by atoms with E-state index in [2.05, 4.69) is 25.3 Å². The third kappa shape index (κ3) is 2.71. The van der Waals surface area contributed by atoms with Crippen molar-refractivity contribution in [1.29, 1.82) is 0 Å². The normalized spacial score (nSPS) is 12.1. The maximum absolute atomic E-state index is 5.25. The average molecular weight is 260 g/mol. The van der Waals surface area contributed by atoms with Crippen LogP contribution >= 0.6 is 25.3 Å². The molecule has 90 valence electrons. The van der Waals surface area contributed by atoms with E-state index in [0.717, 1.165) is 5.56 Å². The van der Waals surface area contributed by atoms with E-state index in [0.29, 0.717) is 23.0 Å². The molecule has 1 unspecified atom stereocenters. The predicted molar refractivity (Wildman–Crippen MR) is 71.7 cm³/mol. The molecule has 1 atom stereocenters. The van der Waals surface area contributed by atoms with Gasteiger partial charge in [0.1, 0.15) is 0 Å². The fraction of sp³-hybridized carbons (Fsp3) is 0.455. The molecule has 0 saturated heterocycles. The molecule has 0 aliphatic heterocycles. The van der Waals surface area contributed by atoms with Crippen LogP contribution in [0.3, 0.4) is 0 Å². The van der Waals surface area contributed by atoms with Gasteiger partial charge in [-0.05, 0) is 17.7 Å². The van der Waals surface area contributed by atoms with Crippen molar-refractivity contribution in [3.63, 3.8) is 0 Å². The fourth-order valence-electron chi connectivity index (χ4n) is 1.40. The minimum atomic E-state index is 0.0389. The highest BCUT2D eigenvalue weighted by molar-refractivity contribution is 7.84. The number of hydrogen-bond acceptors (Lipinski definition) is 5. The van der Waals surface area contributed by atoms with Crippen LogP contribution in [0.15, 0.2) is 12.1 Å². The Morgan fingerprint density at radius 2 is 1.56 bits per heavy atom. The zero-order chi connectivity index (χ0) is 12.1. The lowest BCUT2D eigenvalue weighted by molar-refractivity contribution is 0.324. The topological polar surface area (TPSA) is 27.7 Å². The zero-order valence-corrected chi connectivity index (χ0v) is 11.3. The third-order valence-electron chi connectivity index (χ3n) is 2.24. The summed E-state index contributed by atoms with van der Waals surface area (Å²) in [6, 6.07) is 3.77. The molecule has 0 aliphatic carbocycles. The second-order valence-corrected chi connectivity index (χ2v) is 4.15. The van der Waals surface area contributed by atoms with Gasteiger partial charge in [-0.1, -0.05) is 0 Å². The van der Waals surface area contributed by atoms with Crippen molar-refractivity contribution in [2.45, 2.75) is 5.25 Å². The lowest BCUT2D eigenvalue weighted by atomic mass is 10.1. The largest absolute Gasteiger partial charge is 0.493 e. The predicted octanol–water partition coefficient (Wildman–Crippen LogP) is 2.61. The first-order valence-corrected chi connectivity index (χ1v) is 5.91. The van der Waals surface area contributed by atoms with Crippen molar-refractivity contribution < 1.29 is 14.2 Å². The van der Waals surface area contributed by atoms with E-state index >= 15 is 0 Å². The number of methoxy groups -OCH3 is 3. The summed E-state index contributed by atoms with van der Waals surface area (Å²) in [5.74, 6) is 2.51. The Bertz CT molecular complexity index is 330. The number of benzene rings is 1. The molecule has 0 aromatic heterocycles. The van der Waals surface area contributed by atoms with Crippen LogP contribution in [0.1, 0.15) is 10.8 Å². The van der Waals surface area contributed by atoms with Gasteiger partial charge in [-0.25, -0.2) is 0 Å². The van der Waals surface area contributed by atoms with E-state index < -0.39 is 0 Å².